The largest absolute Gasteiger partial charge is 0.329 e. The number of nitrogens with two attached hydrogens (primary N) is 1. The number of nitrogens with zero attached hydrogens (tertiary/aromatic N) is 4. The van der Waals surface area contributed by atoms with Gasteiger partial charge in [0, 0.05) is 25.2 Å². The third-order valence-electron chi connectivity index (χ3n) is 5.54. The van der Waals surface area contributed by atoms with Crippen molar-refractivity contribution in [3.8, 4) is 0 Å². The minimum Gasteiger partial charge on any atom is -0.329 e. The van der Waals surface area contributed by atoms with Crippen LogP contribution < -0.4 is 5.73 Å². The van der Waals surface area contributed by atoms with Crippen molar-refractivity contribution in [1.82, 2.24) is 19.7 Å². The van der Waals surface area contributed by atoms with Crippen molar-refractivity contribution < 1.29 is 0 Å². The van der Waals surface area contributed by atoms with Crippen molar-refractivity contribution in [3.63, 3.8) is 0 Å². The number of hydrogen-bond donors (Lipinski definition) is 1. The molecule has 1 saturated carbocycles. The summed E-state index contributed by atoms with van der Waals surface area (Å²) in [5.41, 5.74) is 6.43. The Morgan fingerprint density at radius 1 is 1.35 bits per heavy atom. The van der Waals surface area contributed by atoms with Gasteiger partial charge in [-0.2, -0.15) is 0 Å². The van der Waals surface area contributed by atoms with E-state index >= 15 is 0 Å². The lowest BCUT2D eigenvalue weighted by atomic mass is 9.87. The van der Waals surface area contributed by atoms with Gasteiger partial charge in [0.05, 0.1) is 6.54 Å². The van der Waals surface area contributed by atoms with E-state index in [1.54, 1.807) is 0 Å². The van der Waals surface area contributed by atoms with Gasteiger partial charge in [-0.1, -0.05) is 26.2 Å². The lowest BCUT2D eigenvalue weighted by Crippen LogP contribution is -2.55. The molecule has 2 unspecified atom stereocenters. The van der Waals surface area contributed by atoms with E-state index in [1.807, 2.05) is 6.33 Å². The Labute approximate surface area is 121 Å². The molecule has 1 fully saturated rings. The quantitative estimate of drug-likeness (QED) is 0.856. The molecule has 112 valence electrons. The number of aromatic nitrogens is 3. The number of fused-ring (bicyclic) bond motifs is 1. The van der Waals surface area contributed by atoms with E-state index in [1.165, 1.54) is 38.5 Å². The van der Waals surface area contributed by atoms with E-state index in [2.05, 4.69) is 26.6 Å². The topological polar surface area (TPSA) is 60.0 Å². The molecule has 0 aromatic carbocycles. The van der Waals surface area contributed by atoms with Crippen LogP contribution in [0.15, 0.2) is 6.33 Å². The summed E-state index contributed by atoms with van der Waals surface area (Å²) in [5, 5.41) is 8.28. The fourth-order valence-corrected chi connectivity index (χ4v) is 3.99. The summed E-state index contributed by atoms with van der Waals surface area (Å²) in [6, 6.07) is 0. The normalized spacial score (nSPS) is 31.8. The van der Waals surface area contributed by atoms with Crippen molar-refractivity contribution in [1.29, 1.82) is 0 Å². The molecular formula is C15H27N5. The molecule has 1 aliphatic carbocycles. The molecule has 3 rings (SSSR count). The lowest BCUT2D eigenvalue weighted by Gasteiger charge is -2.45. The van der Waals surface area contributed by atoms with Crippen molar-refractivity contribution in [3.05, 3.63) is 12.2 Å². The second-order valence-corrected chi connectivity index (χ2v) is 6.50. The second-order valence-electron chi connectivity index (χ2n) is 6.50. The second kappa shape index (κ2) is 5.82. The fourth-order valence-electron chi connectivity index (χ4n) is 3.99. The summed E-state index contributed by atoms with van der Waals surface area (Å²) in [5.74, 6) is 2.00. The molecule has 5 nitrogen and oxygen atoms in total. The summed E-state index contributed by atoms with van der Waals surface area (Å²) in [6.45, 7) is 6.09. The van der Waals surface area contributed by atoms with Crippen molar-refractivity contribution in [2.75, 3.05) is 13.1 Å². The van der Waals surface area contributed by atoms with Gasteiger partial charge in [0.25, 0.3) is 0 Å². The Kier molecular flexibility index (Phi) is 4.08. The molecule has 0 bridgehead atoms. The molecule has 20 heavy (non-hydrogen) atoms. The van der Waals surface area contributed by atoms with Crippen LogP contribution in [0.3, 0.4) is 0 Å². The van der Waals surface area contributed by atoms with E-state index in [-0.39, 0.29) is 5.54 Å². The van der Waals surface area contributed by atoms with Crippen LogP contribution in [0.25, 0.3) is 0 Å². The molecule has 2 atom stereocenters. The minimum atomic E-state index is 0.196. The summed E-state index contributed by atoms with van der Waals surface area (Å²) in [7, 11) is 0. The molecule has 0 saturated heterocycles. The van der Waals surface area contributed by atoms with E-state index in [0.29, 0.717) is 0 Å². The van der Waals surface area contributed by atoms with Crippen molar-refractivity contribution >= 4 is 0 Å². The van der Waals surface area contributed by atoms with Gasteiger partial charge in [-0.25, -0.2) is 0 Å². The molecule has 1 aliphatic heterocycles. The van der Waals surface area contributed by atoms with E-state index in [0.717, 1.165) is 37.9 Å². The zero-order valence-electron chi connectivity index (χ0n) is 12.6. The van der Waals surface area contributed by atoms with Gasteiger partial charge in [-0.3, -0.25) is 4.90 Å². The van der Waals surface area contributed by atoms with Gasteiger partial charge in [0.1, 0.15) is 12.2 Å². The third kappa shape index (κ3) is 2.49. The first-order chi connectivity index (χ1) is 9.77. The maximum atomic E-state index is 6.24. The molecule has 1 aromatic rings. The molecule has 2 N–H and O–H groups in total. The first kappa shape index (κ1) is 14.0. The van der Waals surface area contributed by atoms with Gasteiger partial charge < -0.3 is 10.3 Å². The van der Waals surface area contributed by atoms with Gasteiger partial charge in [-0.15, -0.1) is 10.2 Å². The number of rotatable bonds is 3. The third-order valence-corrected chi connectivity index (χ3v) is 5.54. The highest BCUT2D eigenvalue weighted by molar-refractivity contribution is 5.00. The van der Waals surface area contributed by atoms with Crippen LogP contribution >= 0.6 is 0 Å². The Morgan fingerprint density at radius 3 is 3.05 bits per heavy atom. The van der Waals surface area contributed by atoms with Crippen LogP contribution in [0.5, 0.6) is 0 Å². The predicted molar refractivity (Wildman–Crippen MR) is 79.1 cm³/mol. The minimum absolute atomic E-state index is 0.196. The zero-order valence-corrected chi connectivity index (χ0v) is 12.6. The van der Waals surface area contributed by atoms with Crippen LogP contribution in [-0.2, 0) is 13.1 Å². The zero-order chi connectivity index (χ0) is 14.0. The van der Waals surface area contributed by atoms with Crippen LogP contribution in [0.1, 0.15) is 51.3 Å². The van der Waals surface area contributed by atoms with Crippen molar-refractivity contribution in [2.24, 2.45) is 11.7 Å². The van der Waals surface area contributed by atoms with Gasteiger partial charge in [-0.05, 0) is 25.2 Å². The van der Waals surface area contributed by atoms with Gasteiger partial charge in [0.2, 0.25) is 0 Å². The average molecular weight is 277 g/mol. The monoisotopic (exact) mass is 277 g/mol. The van der Waals surface area contributed by atoms with E-state index in [9.17, 15) is 0 Å². The SMILES string of the molecule is CCC1CCCC(CN)(N2CCn3cnnc3C2)CC1. The smallest absolute Gasteiger partial charge is 0.147 e. The highest BCUT2D eigenvalue weighted by Gasteiger charge is 2.39. The van der Waals surface area contributed by atoms with Crippen LogP contribution in [0, 0.1) is 5.92 Å². The Balaban J connectivity index is 1.76. The average Bonchev–Trinajstić information content (AvgIpc) is 2.85. The Morgan fingerprint density at radius 2 is 2.25 bits per heavy atom. The first-order valence-electron chi connectivity index (χ1n) is 8.09. The molecule has 0 spiro atoms. The molecule has 0 radical (unpaired) electrons. The first-order valence-corrected chi connectivity index (χ1v) is 8.09. The molecule has 2 aliphatic rings. The Hall–Kier alpha value is -0.940. The highest BCUT2D eigenvalue weighted by Crippen LogP contribution is 2.36. The Bertz CT molecular complexity index is 443. The standard InChI is InChI=1S/C15H27N5/c1-2-13-4-3-6-15(11-16,7-5-13)20-9-8-19-12-17-18-14(19)10-20/h12-13H,2-11,16H2,1H3. The highest BCUT2D eigenvalue weighted by atomic mass is 15.3. The maximum Gasteiger partial charge on any atom is 0.147 e. The summed E-state index contributed by atoms with van der Waals surface area (Å²) < 4.78 is 2.17. The van der Waals surface area contributed by atoms with Crippen LogP contribution in [0.4, 0.5) is 0 Å². The molecule has 2 heterocycles. The van der Waals surface area contributed by atoms with Crippen molar-refractivity contribution in [2.45, 2.75) is 64.1 Å². The lowest BCUT2D eigenvalue weighted by molar-refractivity contribution is 0.0488. The van der Waals surface area contributed by atoms with Crippen LogP contribution in [-0.4, -0.2) is 38.3 Å². The maximum absolute atomic E-state index is 6.24. The van der Waals surface area contributed by atoms with Gasteiger partial charge >= 0.3 is 0 Å². The van der Waals surface area contributed by atoms with E-state index < -0.39 is 0 Å². The summed E-state index contributed by atoms with van der Waals surface area (Å²) in [4.78, 5) is 2.59. The molecular weight excluding hydrogens is 250 g/mol. The number of hydrogen-bond acceptors (Lipinski definition) is 4. The molecule has 0 amide bonds. The summed E-state index contributed by atoms with van der Waals surface area (Å²) in [6.07, 6.45) is 9.68. The molecule has 1 aromatic heterocycles. The van der Waals surface area contributed by atoms with Gasteiger partial charge in [0.15, 0.2) is 0 Å². The predicted octanol–water partition coefficient (Wildman–Crippen LogP) is 1.78. The molecule has 5 heteroatoms. The summed E-state index contributed by atoms with van der Waals surface area (Å²) >= 11 is 0. The van der Waals surface area contributed by atoms with Crippen LogP contribution in [0.2, 0.25) is 0 Å². The fraction of sp³-hybridized carbons (Fsp3) is 0.867. The van der Waals surface area contributed by atoms with E-state index in [4.69, 9.17) is 5.73 Å².